The average Bonchev–Trinajstić information content (AvgIpc) is 2.73. The van der Waals surface area contributed by atoms with Crippen LogP contribution in [0.1, 0.15) is 11.1 Å². The molecule has 3 N–H and O–H groups in total. The third kappa shape index (κ3) is 2.78. The molecule has 0 saturated carbocycles. The van der Waals surface area contributed by atoms with Gasteiger partial charge in [-0.1, -0.05) is 18.3 Å². The molecule has 20 heavy (non-hydrogen) atoms. The Bertz CT molecular complexity index is 767. The highest BCUT2D eigenvalue weighted by Gasteiger charge is 2.18. The van der Waals surface area contributed by atoms with E-state index in [0.717, 1.165) is 0 Å². The summed E-state index contributed by atoms with van der Waals surface area (Å²) >= 11 is 4.89. The molecular formula is C11H13N5O2S2. The van der Waals surface area contributed by atoms with Gasteiger partial charge in [-0.25, -0.2) is 17.8 Å². The van der Waals surface area contributed by atoms with Crippen molar-refractivity contribution in [3.8, 4) is 0 Å². The molecule has 0 atom stereocenters. The van der Waals surface area contributed by atoms with Crippen molar-refractivity contribution in [2.45, 2.75) is 11.8 Å². The van der Waals surface area contributed by atoms with Crippen LogP contribution in [0.25, 0.3) is 0 Å². The largest absolute Gasteiger partial charge is 0.389 e. The van der Waals surface area contributed by atoms with Crippen LogP contribution in [0.15, 0.2) is 29.4 Å². The summed E-state index contributed by atoms with van der Waals surface area (Å²) < 4.78 is 28.1. The fourth-order valence-corrected chi connectivity index (χ4v) is 3.00. The van der Waals surface area contributed by atoms with Gasteiger partial charge in [-0.05, 0) is 24.6 Å². The highest BCUT2D eigenvalue weighted by Crippen LogP contribution is 2.17. The predicted octanol–water partition coefficient (Wildman–Crippen LogP) is 0.559. The zero-order chi connectivity index (χ0) is 14.9. The van der Waals surface area contributed by atoms with Gasteiger partial charge in [0.1, 0.15) is 11.3 Å². The molecule has 106 valence electrons. The first-order valence-corrected chi connectivity index (χ1v) is 7.47. The second-order valence-corrected chi connectivity index (χ2v) is 6.28. The minimum absolute atomic E-state index is 0.109. The Labute approximate surface area is 121 Å². The number of aryl methyl sites for hydroxylation is 2. The maximum Gasteiger partial charge on any atom is 0.264 e. The van der Waals surface area contributed by atoms with Crippen LogP contribution in [-0.2, 0) is 17.1 Å². The van der Waals surface area contributed by atoms with E-state index in [-0.39, 0.29) is 15.8 Å². The second kappa shape index (κ2) is 5.17. The maximum atomic E-state index is 12.2. The van der Waals surface area contributed by atoms with E-state index in [9.17, 15) is 8.42 Å². The molecule has 2 rings (SSSR count). The van der Waals surface area contributed by atoms with Gasteiger partial charge in [0.2, 0.25) is 5.95 Å². The van der Waals surface area contributed by atoms with Crippen LogP contribution in [-0.4, -0.2) is 28.2 Å². The molecule has 2 aromatic rings. The van der Waals surface area contributed by atoms with E-state index in [2.05, 4.69) is 14.8 Å². The maximum absolute atomic E-state index is 12.2. The predicted molar refractivity (Wildman–Crippen MR) is 78.9 cm³/mol. The van der Waals surface area contributed by atoms with E-state index >= 15 is 0 Å². The van der Waals surface area contributed by atoms with Crippen molar-refractivity contribution in [1.29, 1.82) is 0 Å². The Morgan fingerprint density at radius 2 is 2.15 bits per heavy atom. The van der Waals surface area contributed by atoms with E-state index in [0.29, 0.717) is 11.1 Å². The summed E-state index contributed by atoms with van der Waals surface area (Å²) in [6.07, 6.45) is 1.26. The Morgan fingerprint density at radius 3 is 2.65 bits per heavy atom. The molecule has 1 heterocycles. The Morgan fingerprint density at radius 1 is 1.45 bits per heavy atom. The van der Waals surface area contributed by atoms with Crippen molar-refractivity contribution < 1.29 is 8.42 Å². The van der Waals surface area contributed by atoms with E-state index in [1.807, 2.05) is 0 Å². The lowest BCUT2D eigenvalue weighted by Gasteiger charge is -2.09. The van der Waals surface area contributed by atoms with Crippen molar-refractivity contribution in [3.63, 3.8) is 0 Å². The molecule has 0 aliphatic carbocycles. The second-order valence-electron chi connectivity index (χ2n) is 4.15. The lowest BCUT2D eigenvalue weighted by molar-refractivity contribution is 0.600. The summed E-state index contributed by atoms with van der Waals surface area (Å²) in [7, 11) is -2.14. The van der Waals surface area contributed by atoms with Crippen molar-refractivity contribution >= 4 is 33.2 Å². The third-order valence-electron chi connectivity index (χ3n) is 2.71. The number of nitrogens with two attached hydrogens (primary N) is 1. The van der Waals surface area contributed by atoms with Gasteiger partial charge >= 0.3 is 0 Å². The fourth-order valence-electron chi connectivity index (χ4n) is 1.65. The van der Waals surface area contributed by atoms with Crippen molar-refractivity contribution in [3.05, 3.63) is 35.7 Å². The molecule has 0 spiro atoms. The quantitative estimate of drug-likeness (QED) is 0.800. The molecular weight excluding hydrogens is 298 g/mol. The third-order valence-corrected chi connectivity index (χ3v) is 4.26. The molecule has 7 nitrogen and oxygen atoms in total. The summed E-state index contributed by atoms with van der Waals surface area (Å²) in [6, 6.07) is 4.54. The number of nitrogens with zero attached hydrogens (tertiary/aromatic N) is 3. The number of rotatable bonds is 4. The minimum atomic E-state index is -3.73. The van der Waals surface area contributed by atoms with E-state index < -0.39 is 10.0 Å². The Kier molecular flexibility index (Phi) is 3.73. The molecule has 0 bridgehead atoms. The first-order chi connectivity index (χ1) is 9.31. The number of sulfonamides is 1. The number of hydrogen-bond acceptors (Lipinski definition) is 5. The van der Waals surface area contributed by atoms with Crippen LogP contribution in [0.5, 0.6) is 0 Å². The molecule has 0 fully saturated rings. The van der Waals surface area contributed by atoms with Gasteiger partial charge in [0.15, 0.2) is 0 Å². The number of hydrogen-bond donors (Lipinski definition) is 2. The zero-order valence-corrected chi connectivity index (χ0v) is 12.5. The Balaban J connectivity index is 2.38. The van der Waals surface area contributed by atoms with Gasteiger partial charge in [-0.3, -0.25) is 0 Å². The van der Waals surface area contributed by atoms with E-state index in [1.54, 1.807) is 20.0 Å². The van der Waals surface area contributed by atoms with Crippen LogP contribution in [0.3, 0.4) is 0 Å². The van der Waals surface area contributed by atoms with Crippen molar-refractivity contribution in [1.82, 2.24) is 14.8 Å². The molecule has 1 aromatic heterocycles. The standard InChI is InChI=1S/C11H13N5O2S2/c1-7-5-8(3-4-9(7)10(12)19)20(17,18)15-11-13-6-14-16(11)2/h3-6H,1-2H3,(H2,12,19)(H,13,14,15). The minimum Gasteiger partial charge on any atom is -0.389 e. The SMILES string of the molecule is Cc1cc(S(=O)(=O)Nc2ncnn2C)ccc1C(N)=S. The van der Waals surface area contributed by atoms with E-state index in [1.165, 1.54) is 23.1 Å². The number of benzene rings is 1. The summed E-state index contributed by atoms with van der Waals surface area (Å²) in [5.74, 6) is 0.140. The Hall–Kier alpha value is -2.00. The molecule has 0 aliphatic heterocycles. The molecule has 0 saturated heterocycles. The van der Waals surface area contributed by atoms with Crippen LogP contribution in [0, 0.1) is 6.92 Å². The summed E-state index contributed by atoms with van der Waals surface area (Å²) in [5, 5.41) is 3.79. The highest BCUT2D eigenvalue weighted by atomic mass is 32.2. The first-order valence-electron chi connectivity index (χ1n) is 5.58. The van der Waals surface area contributed by atoms with Crippen molar-refractivity contribution in [2.75, 3.05) is 4.72 Å². The molecule has 0 unspecified atom stereocenters. The molecule has 0 radical (unpaired) electrons. The normalized spacial score (nSPS) is 11.3. The van der Waals surface area contributed by atoms with Crippen LogP contribution < -0.4 is 10.5 Å². The number of thiocarbonyl (C=S) groups is 1. The zero-order valence-electron chi connectivity index (χ0n) is 10.9. The van der Waals surface area contributed by atoms with Crippen LogP contribution in [0.4, 0.5) is 5.95 Å². The average molecular weight is 311 g/mol. The van der Waals surface area contributed by atoms with Crippen LogP contribution >= 0.6 is 12.2 Å². The van der Waals surface area contributed by atoms with Gasteiger partial charge < -0.3 is 5.73 Å². The van der Waals surface area contributed by atoms with Crippen molar-refractivity contribution in [2.24, 2.45) is 12.8 Å². The molecule has 9 heteroatoms. The van der Waals surface area contributed by atoms with E-state index in [4.69, 9.17) is 18.0 Å². The van der Waals surface area contributed by atoms with Gasteiger partial charge in [-0.15, -0.1) is 0 Å². The number of aromatic nitrogens is 3. The summed E-state index contributed by atoms with van der Waals surface area (Å²) in [4.78, 5) is 4.15. The topological polar surface area (TPSA) is 103 Å². The number of nitrogens with one attached hydrogen (secondary N) is 1. The highest BCUT2D eigenvalue weighted by molar-refractivity contribution is 7.92. The first kappa shape index (κ1) is 14.4. The van der Waals surface area contributed by atoms with Gasteiger partial charge in [0, 0.05) is 12.6 Å². The van der Waals surface area contributed by atoms with Gasteiger partial charge in [-0.2, -0.15) is 10.1 Å². The lowest BCUT2D eigenvalue weighted by atomic mass is 10.1. The van der Waals surface area contributed by atoms with Gasteiger partial charge in [0.05, 0.1) is 4.90 Å². The summed E-state index contributed by atoms with van der Waals surface area (Å²) in [5.41, 5.74) is 6.89. The monoisotopic (exact) mass is 311 g/mol. The summed E-state index contributed by atoms with van der Waals surface area (Å²) in [6.45, 7) is 1.75. The lowest BCUT2D eigenvalue weighted by Crippen LogP contribution is -2.17. The smallest absolute Gasteiger partial charge is 0.264 e. The molecule has 1 aromatic carbocycles. The van der Waals surface area contributed by atoms with Crippen LogP contribution in [0.2, 0.25) is 0 Å². The molecule has 0 aliphatic rings. The fraction of sp³-hybridized carbons (Fsp3) is 0.182. The molecule has 0 amide bonds. The van der Waals surface area contributed by atoms with Gasteiger partial charge in [0.25, 0.3) is 10.0 Å². The number of anilines is 1.